The van der Waals surface area contributed by atoms with Gasteiger partial charge in [0.2, 0.25) is 5.91 Å². The molecule has 7 nitrogen and oxygen atoms in total. The molecule has 3 rings (SSSR count). The van der Waals surface area contributed by atoms with Crippen LogP contribution in [0.25, 0.3) is 11.0 Å². The number of piperazine rings is 1. The number of hydrogen-bond donors (Lipinski definition) is 1. The lowest BCUT2D eigenvalue weighted by Gasteiger charge is -2.35. The Bertz CT molecular complexity index is 663. The number of fused-ring (bicyclic) bond motifs is 1. The Morgan fingerprint density at radius 3 is 2.74 bits per heavy atom. The standard InChI is InChI=1S/C16H23N5O2/c1-2-13(22)11-19-7-9-20(10-8-19)16(23)12-21-15-6-4-3-5-14(15)17-18-21/h3-6,13,22H,2,7-12H2,1H3/t13-/m1/s1. The molecule has 1 fully saturated rings. The van der Waals surface area contributed by atoms with Gasteiger partial charge in [0.15, 0.2) is 0 Å². The molecule has 0 bridgehead atoms. The molecular weight excluding hydrogens is 294 g/mol. The van der Waals surface area contributed by atoms with Crippen LogP contribution in [0.4, 0.5) is 0 Å². The van der Waals surface area contributed by atoms with E-state index in [0.29, 0.717) is 19.6 Å². The second-order valence-corrected chi connectivity index (χ2v) is 5.98. The van der Waals surface area contributed by atoms with E-state index in [9.17, 15) is 9.90 Å². The van der Waals surface area contributed by atoms with E-state index in [1.54, 1.807) is 4.68 Å². The van der Waals surface area contributed by atoms with Crippen LogP contribution >= 0.6 is 0 Å². The molecule has 0 saturated carbocycles. The fourth-order valence-electron chi connectivity index (χ4n) is 2.87. The lowest BCUT2D eigenvalue weighted by molar-refractivity contribution is -0.133. The lowest BCUT2D eigenvalue weighted by atomic mass is 10.2. The normalized spacial score (nSPS) is 17.6. The largest absolute Gasteiger partial charge is 0.392 e. The van der Waals surface area contributed by atoms with Crippen molar-refractivity contribution >= 4 is 16.9 Å². The number of amides is 1. The number of carbonyl (C=O) groups excluding carboxylic acids is 1. The van der Waals surface area contributed by atoms with E-state index in [4.69, 9.17) is 0 Å². The second kappa shape index (κ2) is 7.06. The molecule has 1 aromatic heterocycles. The monoisotopic (exact) mass is 317 g/mol. The quantitative estimate of drug-likeness (QED) is 0.861. The van der Waals surface area contributed by atoms with Gasteiger partial charge in [-0.2, -0.15) is 0 Å². The highest BCUT2D eigenvalue weighted by Gasteiger charge is 2.22. The van der Waals surface area contributed by atoms with Gasteiger partial charge in [-0.3, -0.25) is 9.69 Å². The maximum atomic E-state index is 12.5. The minimum atomic E-state index is -0.279. The van der Waals surface area contributed by atoms with Crippen LogP contribution in [0.3, 0.4) is 0 Å². The van der Waals surface area contributed by atoms with Gasteiger partial charge in [0.25, 0.3) is 0 Å². The Morgan fingerprint density at radius 1 is 1.26 bits per heavy atom. The minimum absolute atomic E-state index is 0.0661. The van der Waals surface area contributed by atoms with E-state index in [-0.39, 0.29) is 18.6 Å². The maximum Gasteiger partial charge on any atom is 0.244 e. The summed E-state index contributed by atoms with van der Waals surface area (Å²) in [5.41, 5.74) is 1.68. The summed E-state index contributed by atoms with van der Waals surface area (Å²) in [5, 5.41) is 17.9. The molecule has 1 amide bonds. The highest BCUT2D eigenvalue weighted by Crippen LogP contribution is 2.11. The molecule has 0 aliphatic carbocycles. The first-order valence-electron chi connectivity index (χ1n) is 8.14. The van der Waals surface area contributed by atoms with Crippen molar-refractivity contribution in [2.75, 3.05) is 32.7 Å². The lowest BCUT2D eigenvalue weighted by Crippen LogP contribution is -2.51. The Hall–Kier alpha value is -1.99. The molecule has 1 aliphatic heterocycles. The number of para-hydroxylation sites is 1. The highest BCUT2D eigenvalue weighted by molar-refractivity contribution is 5.79. The van der Waals surface area contributed by atoms with Crippen molar-refractivity contribution in [2.45, 2.75) is 26.0 Å². The van der Waals surface area contributed by atoms with Crippen molar-refractivity contribution in [1.29, 1.82) is 0 Å². The average molecular weight is 317 g/mol. The third-order valence-corrected chi connectivity index (χ3v) is 4.37. The topological polar surface area (TPSA) is 74.5 Å². The van der Waals surface area contributed by atoms with E-state index in [1.165, 1.54) is 0 Å². The number of aliphatic hydroxyl groups excluding tert-OH is 1. The van der Waals surface area contributed by atoms with Crippen molar-refractivity contribution in [1.82, 2.24) is 24.8 Å². The molecule has 2 aromatic rings. The Kier molecular flexibility index (Phi) is 4.88. The minimum Gasteiger partial charge on any atom is -0.392 e. The second-order valence-electron chi connectivity index (χ2n) is 5.98. The van der Waals surface area contributed by atoms with Crippen LogP contribution in [0, 0.1) is 0 Å². The van der Waals surface area contributed by atoms with E-state index < -0.39 is 0 Å². The molecule has 0 unspecified atom stereocenters. The predicted octanol–water partition coefficient (Wildman–Crippen LogP) is 0.346. The van der Waals surface area contributed by atoms with Gasteiger partial charge in [-0.15, -0.1) is 5.10 Å². The summed E-state index contributed by atoms with van der Waals surface area (Å²) >= 11 is 0. The molecule has 1 N–H and O–H groups in total. The summed E-state index contributed by atoms with van der Waals surface area (Å²) in [6.45, 7) is 5.89. The number of aliphatic hydroxyl groups is 1. The van der Waals surface area contributed by atoms with Crippen LogP contribution in [0.2, 0.25) is 0 Å². The Labute approximate surface area is 135 Å². The first kappa shape index (κ1) is 15.9. The molecule has 2 heterocycles. The molecule has 1 aromatic carbocycles. The van der Waals surface area contributed by atoms with Crippen LogP contribution in [0.1, 0.15) is 13.3 Å². The van der Waals surface area contributed by atoms with Crippen molar-refractivity contribution < 1.29 is 9.90 Å². The third-order valence-electron chi connectivity index (χ3n) is 4.37. The van der Waals surface area contributed by atoms with Crippen LogP contribution in [0.15, 0.2) is 24.3 Å². The molecule has 1 saturated heterocycles. The number of nitrogens with zero attached hydrogens (tertiary/aromatic N) is 5. The van der Waals surface area contributed by atoms with Crippen molar-refractivity contribution in [3.8, 4) is 0 Å². The molecule has 1 aliphatic rings. The number of benzene rings is 1. The molecule has 124 valence electrons. The van der Waals surface area contributed by atoms with Crippen molar-refractivity contribution in [3.05, 3.63) is 24.3 Å². The zero-order chi connectivity index (χ0) is 16.2. The van der Waals surface area contributed by atoms with Crippen LogP contribution in [-0.4, -0.2) is 74.6 Å². The molecule has 0 radical (unpaired) electrons. The average Bonchev–Trinajstić information content (AvgIpc) is 2.98. The van der Waals surface area contributed by atoms with Crippen LogP contribution in [-0.2, 0) is 11.3 Å². The Balaban J connectivity index is 1.56. The highest BCUT2D eigenvalue weighted by atomic mass is 16.3. The molecule has 7 heteroatoms. The van der Waals surface area contributed by atoms with Gasteiger partial charge in [0.1, 0.15) is 12.1 Å². The first-order chi connectivity index (χ1) is 11.2. The number of hydrogen-bond acceptors (Lipinski definition) is 5. The van der Waals surface area contributed by atoms with Gasteiger partial charge in [-0.05, 0) is 18.6 Å². The SMILES string of the molecule is CC[C@@H](O)CN1CCN(C(=O)Cn2nnc3ccccc32)CC1. The number of β-amino-alcohol motifs (C(OH)–C–C–N with tert-alkyl or cyclic N) is 1. The van der Waals surface area contributed by atoms with Gasteiger partial charge >= 0.3 is 0 Å². The summed E-state index contributed by atoms with van der Waals surface area (Å²) in [5.74, 6) is 0.0661. The first-order valence-corrected chi connectivity index (χ1v) is 8.14. The third kappa shape index (κ3) is 3.68. The van der Waals surface area contributed by atoms with Crippen molar-refractivity contribution in [2.24, 2.45) is 0 Å². The molecule has 23 heavy (non-hydrogen) atoms. The summed E-state index contributed by atoms with van der Waals surface area (Å²) in [7, 11) is 0. The fraction of sp³-hybridized carbons (Fsp3) is 0.562. The van der Waals surface area contributed by atoms with Gasteiger partial charge in [0.05, 0.1) is 11.6 Å². The number of rotatable bonds is 5. The fourth-order valence-corrected chi connectivity index (χ4v) is 2.87. The zero-order valence-corrected chi connectivity index (χ0v) is 13.4. The summed E-state index contributed by atoms with van der Waals surface area (Å²) < 4.78 is 1.66. The number of carbonyl (C=O) groups is 1. The maximum absolute atomic E-state index is 12.5. The van der Waals surface area contributed by atoms with Gasteiger partial charge in [-0.25, -0.2) is 4.68 Å². The predicted molar refractivity (Wildman–Crippen MR) is 86.8 cm³/mol. The number of aromatic nitrogens is 3. The summed E-state index contributed by atoms with van der Waals surface area (Å²) in [6.07, 6.45) is 0.483. The Morgan fingerprint density at radius 2 is 2.00 bits per heavy atom. The van der Waals surface area contributed by atoms with Crippen LogP contribution in [0.5, 0.6) is 0 Å². The molecule has 1 atom stereocenters. The van der Waals surface area contributed by atoms with Crippen molar-refractivity contribution in [3.63, 3.8) is 0 Å². The zero-order valence-electron chi connectivity index (χ0n) is 13.4. The smallest absolute Gasteiger partial charge is 0.244 e. The van der Waals surface area contributed by atoms with E-state index in [1.807, 2.05) is 36.1 Å². The molecular formula is C16H23N5O2. The van der Waals surface area contributed by atoms with Crippen LogP contribution < -0.4 is 0 Å². The molecule has 0 spiro atoms. The van der Waals surface area contributed by atoms with Gasteiger partial charge < -0.3 is 10.0 Å². The van der Waals surface area contributed by atoms with E-state index in [0.717, 1.165) is 30.5 Å². The van der Waals surface area contributed by atoms with E-state index in [2.05, 4.69) is 15.2 Å². The van der Waals surface area contributed by atoms with E-state index >= 15 is 0 Å². The van der Waals surface area contributed by atoms with Gasteiger partial charge in [-0.1, -0.05) is 24.3 Å². The summed E-state index contributed by atoms with van der Waals surface area (Å²) in [6, 6.07) is 7.64. The summed E-state index contributed by atoms with van der Waals surface area (Å²) in [4.78, 5) is 16.5. The van der Waals surface area contributed by atoms with Gasteiger partial charge in [0, 0.05) is 32.7 Å².